The molecule has 16 heteroatoms. The fourth-order valence-corrected chi connectivity index (χ4v) is 0.671. The molecular formula is C6H21DyO12P3. The average Bonchev–Trinajstić information content (AvgIpc) is 2.48. The van der Waals surface area contributed by atoms with Crippen LogP contribution in [0.15, 0.2) is 0 Å². The van der Waals surface area contributed by atoms with Crippen LogP contribution in [0, 0.1) is 38.2 Å². The third kappa shape index (κ3) is 23.9. The van der Waals surface area contributed by atoms with Crippen LogP contribution >= 0.6 is 23.5 Å². The predicted molar refractivity (Wildman–Crippen MR) is 71.5 cm³/mol. The maximum Gasteiger partial charge on any atom is 0.471 e. The first-order valence-electron chi connectivity index (χ1n) is 4.69. The Labute approximate surface area is 159 Å². The van der Waals surface area contributed by atoms with Crippen LogP contribution in [-0.2, 0) is 40.8 Å². The summed E-state index contributed by atoms with van der Waals surface area (Å²) < 4.78 is 54.0. The number of phosphoric ester groups is 3. The van der Waals surface area contributed by atoms with Crippen LogP contribution in [0.2, 0.25) is 0 Å². The van der Waals surface area contributed by atoms with E-state index in [1.165, 1.54) is 0 Å². The summed E-state index contributed by atoms with van der Waals surface area (Å²) in [4.78, 5) is 24.7. The monoisotopic (exact) mass is 542 g/mol. The maximum absolute atomic E-state index is 10.1. The normalized spacial score (nSPS) is 11.3. The molecule has 0 rings (SSSR count). The molecule has 3 N–H and O–H groups in total. The Morgan fingerprint density at radius 3 is 0.591 bits per heavy atom. The van der Waals surface area contributed by atoms with Crippen LogP contribution in [0.5, 0.6) is 0 Å². The third-order valence-corrected chi connectivity index (χ3v) is 4.15. The average molecular weight is 541 g/mol. The molecule has 0 atom stereocenters. The molecule has 0 aliphatic carbocycles. The molecule has 0 aromatic rings. The van der Waals surface area contributed by atoms with Crippen molar-refractivity contribution >= 4 is 23.5 Å². The molecule has 0 heterocycles. The van der Waals surface area contributed by atoms with Gasteiger partial charge in [0.15, 0.2) is 0 Å². The molecule has 0 radical (unpaired) electrons. The maximum atomic E-state index is 10.1. The predicted octanol–water partition coefficient (Wildman–Crippen LogP) is 1.14. The van der Waals surface area contributed by atoms with Gasteiger partial charge in [0.1, 0.15) is 0 Å². The zero-order valence-electron chi connectivity index (χ0n) is 12.7. The van der Waals surface area contributed by atoms with Crippen molar-refractivity contribution in [1.29, 1.82) is 0 Å². The molecular weight excluding hydrogens is 519 g/mol. The van der Waals surface area contributed by atoms with E-state index in [2.05, 4.69) is 27.1 Å². The fraction of sp³-hybridized carbons (Fsp3) is 1.00. The van der Waals surface area contributed by atoms with E-state index in [0.717, 1.165) is 42.7 Å². The standard InChI is InChI=1S/3C2H7O4P.Dy/c3*1-5-7(3,4)6-2;/h3*1-2H3,(H,3,4);. The van der Waals surface area contributed by atoms with Gasteiger partial charge in [-0.15, -0.1) is 0 Å². The molecule has 0 aliphatic heterocycles. The van der Waals surface area contributed by atoms with Crippen molar-refractivity contribution in [2.45, 2.75) is 0 Å². The van der Waals surface area contributed by atoms with Gasteiger partial charge < -0.3 is 14.7 Å². The van der Waals surface area contributed by atoms with Crippen LogP contribution in [0.25, 0.3) is 0 Å². The van der Waals surface area contributed by atoms with Gasteiger partial charge in [0.25, 0.3) is 0 Å². The van der Waals surface area contributed by atoms with Crippen LogP contribution in [0.1, 0.15) is 0 Å². The summed E-state index contributed by atoms with van der Waals surface area (Å²) in [6.07, 6.45) is 0. The summed E-state index contributed by atoms with van der Waals surface area (Å²) in [5, 5.41) is 0. The molecule has 0 aromatic carbocycles. The Morgan fingerprint density at radius 2 is 0.591 bits per heavy atom. The molecule has 0 amide bonds. The van der Waals surface area contributed by atoms with Crippen molar-refractivity contribution in [3.63, 3.8) is 0 Å². The summed E-state index contributed by atoms with van der Waals surface area (Å²) >= 11 is 0. The third-order valence-electron chi connectivity index (χ3n) is 1.38. The summed E-state index contributed by atoms with van der Waals surface area (Å²) in [6, 6.07) is 0. The van der Waals surface area contributed by atoms with Crippen molar-refractivity contribution in [3.05, 3.63) is 0 Å². The van der Waals surface area contributed by atoms with Gasteiger partial charge in [-0.25, -0.2) is 13.7 Å². The van der Waals surface area contributed by atoms with Crippen LogP contribution in [-0.4, -0.2) is 57.3 Å². The van der Waals surface area contributed by atoms with Gasteiger partial charge in [0.2, 0.25) is 0 Å². The summed E-state index contributed by atoms with van der Waals surface area (Å²) in [7, 11) is -4.35. The summed E-state index contributed by atoms with van der Waals surface area (Å²) in [5.74, 6) is 0. The molecule has 12 nitrogen and oxygen atoms in total. The van der Waals surface area contributed by atoms with E-state index in [9.17, 15) is 13.7 Å². The van der Waals surface area contributed by atoms with Gasteiger partial charge in [-0.2, -0.15) is 0 Å². The van der Waals surface area contributed by atoms with E-state index in [1.54, 1.807) is 0 Å². The summed E-state index contributed by atoms with van der Waals surface area (Å²) in [6.45, 7) is 0. The first-order valence-corrected chi connectivity index (χ1v) is 9.18. The van der Waals surface area contributed by atoms with E-state index in [0.29, 0.717) is 0 Å². The second kappa shape index (κ2) is 16.1. The van der Waals surface area contributed by atoms with Gasteiger partial charge in [0, 0.05) is 80.8 Å². The molecule has 142 valence electrons. The quantitative estimate of drug-likeness (QED) is 0.412. The Kier molecular flexibility index (Phi) is 23.0. The van der Waals surface area contributed by atoms with Gasteiger partial charge in [-0.3, -0.25) is 27.1 Å². The van der Waals surface area contributed by atoms with Gasteiger partial charge in [0.05, 0.1) is 0 Å². The van der Waals surface area contributed by atoms with Gasteiger partial charge in [-0.1, -0.05) is 0 Å². The minimum Gasteiger partial charge on any atom is -0.303 e. The SMILES string of the molecule is COP(=O)(O)OC.COP(=O)(O)OC.COP(=O)(O)OC.[Dy]. The molecule has 0 saturated carbocycles. The largest absolute Gasteiger partial charge is 0.471 e. The molecule has 0 aromatic heterocycles. The molecule has 0 fully saturated rings. The van der Waals surface area contributed by atoms with Gasteiger partial charge >= 0.3 is 23.5 Å². The molecule has 22 heavy (non-hydrogen) atoms. The number of hydrogen-bond acceptors (Lipinski definition) is 9. The van der Waals surface area contributed by atoms with E-state index in [4.69, 9.17) is 14.7 Å². The van der Waals surface area contributed by atoms with Crippen molar-refractivity contribution in [2.75, 3.05) is 42.7 Å². The second-order valence-electron chi connectivity index (χ2n) is 2.50. The van der Waals surface area contributed by atoms with E-state index >= 15 is 0 Å². The Morgan fingerprint density at radius 1 is 0.500 bits per heavy atom. The minimum absolute atomic E-state index is 0. The van der Waals surface area contributed by atoms with Crippen molar-refractivity contribution in [1.82, 2.24) is 0 Å². The summed E-state index contributed by atoms with van der Waals surface area (Å²) in [5.41, 5.74) is 0. The van der Waals surface area contributed by atoms with Crippen molar-refractivity contribution < 1.29 is 93.7 Å². The Bertz CT molecular complexity index is 308. The van der Waals surface area contributed by atoms with Crippen LogP contribution < -0.4 is 0 Å². The topological polar surface area (TPSA) is 167 Å². The van der Waals surface area contributed by atoms with Crippen LogP contribution in [0.3, 0.4) is 0 Å². The molecule has 0 bridgehead atoms. The first kappa shape index (κ1) is 31.4. The fourth-order valence-electron chi connectivity index (χ4n) is 0.224. The zero-order valence-corrected chi connectivity index (χ0v) is 17.4. The zero-order chi connectivity index (χ0) is 17.7. The van der Waals surface area contributed by atoms with Crippen LogP contribution in [0.4, 0.5) is 0 Å². The molecule has 0 unspecified atom stereocenters. The Balaban J connectivity index is -0.000000108. The second-order valence-corrected chi connectivity index (χ2v) is 7.50. The number of hydrogen-bond donors (Lipinski definition) is 3. The van der Waals surface area contributed by atoms with Crippen molar-refractivity contribution in [3.8, 4) is 0 Å². The van der Waals surface area contributed by atoms with E-state index < -0.39 is 23.5 Å². The van der Waals surface area contributed by atoms with E-state index in [1.807, 2.05) is 0 Å². The number of rotatable bonds is 6. The van der Waals surface area contributed by atoms with Gasteiger partial charge in [-0.05, 0) is 0 Å². The molecule has 0 aliphatic rings. The first-order chi connectivity index (χ1) is 9.36. The smallest absolute Gasteiger partial charge is 0.303 e. The molecule has 0 spiro atoms. The van der Waals surface area contributed by atoms with Crippen molar-refractivity contribution in [2.24, 2.45) is 0 Å². The minimum atomic E-state index is -3.65. The number of phosphoric acid groups is 3. The van der Waals surface area contributed by atoms with E-state index in [-0.39, 0.29) is 38.2 Å². The Hall–Kier alpha value is 1.60. The molecule has 0 saturated heterocycles.